The number of benzene rings is 2. The summed E-state index contributed by atoms with van der Waals surface area (Å²) in [5.41, 5.74) is -0.221. The number of amides is 1. The van der Waals surface area contributed by atoms with Crippen molar-refractivity contribution in [3.8, 4) is 5.13 Å². The van der Waals surface area contributed by atoms with Crippen LogP contribution in [0.4, 0.5) is 13.2 Å². The topological polar surface area (TPSA) is 92.1 Å². The van der Waals surface area contributed by atoms with E-state index in [4.69, 9.17) is 0 Å². The summed E-state index contributed by atoms with van der Waals surface area (Å²) in [6.07, 6.45) is -4.85. The Hall–Kier alpha value is -3.73. The van der Waals surface area contributed by atoms with Gasteiger partial charge in [-0.3, -0.25) is 14.7 Å². The monoisotopic (exact) mass is 445 g/mol. The highest BCUT2D eigenvalue weighted by molar-refractivity contribution is 7.20. The summed E-state index contributed by atoms with van der Waals surface area (Å²) < 4.78 is 42.4. The lowest BCUT2D eigenvalue weighted by atomic mass is 10.1. The number of hydrogen-bond acceptors (Lipinski definition) is 5. The second-order valence-electron chi connectivity index (χ2n) is 6.47. The van der Waals surface area contributed by atoms with Crippen LogP contribution in [-0.2, 0) is 6.18 Å². The molecule has 0 bridgehead atoms. The summed E-state index contributed by atoms with van der Waals surface area (Å²) in [5.74, 6) is -0.615. The van der Waals surface area contributed by atoms with E-state index in [1.54, 1.807) is 42.5 Å². The summed E-state index contributed by atoms with van der Waals surface area (Å²) in [4.78, 5) is 29.2. The van der Waals surface area contributed by atoms with Gasteiger partial charge in [0.05, 0.1) is 21.5 Å². The van der Waals surface area contributed by atoms with Crippen molar-refractivity contribution in [3.05, 3.63) is 81.8 Å². The third-order valence-electron chi connectivity index (χ3n) is 4.37. The molecule has 0 fully saturated rings. The Morgan fingerprint density at radius 1 is 1.13 bits per heavy atom. The Bertz CT molecular complexity index is 1320. The SMILES string of the molecule is CC(=NNC(=O)c1ccccc1)c1c(C(F)(F)F)[nH]n(-c2nc3ccccc3s2)c1=O. The molecule has 0 unspecified atom stereocenters. The molecule has 4 rings (SSSR count). The number of aromatic amines is 1. The fourth-order valence-electron chi connectivity index (χ4n) is 2.91. The third-order valence-corrected chi connectivity index (χ3v) is 5.39. The minimum Gasteiger partial charge on any atom is -0.284 e. The lowest BCUT2D eigenvalue weighted by molar-refractivity contribution is -0.141. The van der Waals surface area contributed by atoms with Gasteiger partial charge in [0, 0.05) is 5.56 Å². The fourth-order valence-corrected chi connectivity index (χ4v) is 3.84. The van der Waals surface area contributed by atoms with Gasteiger partial charge in [-0.15, -0.1) is 0 Å². The number of para-hydroxylation sites is 1. The molecule has 4 aromatic rings. The van der Waals surface area contributed by atoms with E-state index < -0.39 is 28.9 Å². The number of aromatic nitrogens is 3. The number of thiazole rings is 1. The molecule has 158 valence electrons. The average molecular weight is 445 g/mol. The Balaban J connectivity index is 1.76. The molecule has 0 radical (unpaired) electrons. The van der Waals surface area contributed by atoms with Crippen molar-refractivity contribution in [2.75, 3.05) is 0 Å². The molecular formula is C20H14F3N5O2S. The highest BCUT2D eigenvalue weighted by Crippen LogP contribution is 2.31. The molecule has 0 saturated heterocycles. The molecule has 0 aliphatic heterocycles. The lowest BCUT2D eigenvalue weighted by Gasteiger charge is -2.06. The number of halogens is 3. The average Bonchev–Trinajstić information content (AvgIpc) is 3.33. The minimum atomic E-state index is -4.85. The van der Waals surface area contributed by atoms with Crippen LogP contribution in [0.3, 0.4) is 0 Å². The second-order valence-corrected chi connectivity index (χ2v) is 7.48. The van der Waals surface area contributed by atoms with E-state index in [2.05, 4.69) is 20.6 Å². The number of rotatable bonds is 4. The molecule has 7 nitrogen and oxygen atoms in total. The van der Waals surface area contributed by atoms with Crippen molar-refractivity contribution in [2.45, 2.75) is 13.1 Å². The zero-order chi connectivity index (χ0) is 22.2. The number of nitrogens with one attached hydrogen (secondary N) is 2. The summed E-state index contributed by atoms with van der Waals surface area (Å²) in [5, 5.41) is 5.88. The molecule has 2 aromatic carbocycles. The van der Waals surface area contributed by atoms with Gasteiger partial charge in [0.1, 0.15) is 0 Å². The maximum atomic E-state index is 13.6. The maximum Gasteiger partial charge on any atom is 0.433 e. The van der Waals surface area contributed by atoms with E-state index in [0.717, 1.165) is 20.7 Å². The van der Waals surface area contributed by atoms with Gasteiger partial charge in [0.2, 0.25) is 5.13 Å². The number of carbonyl (C=O) groups excluding carboxylic acids is 1. The predicted octanol–water partition coefficient (Wildman–Crippen LogP) is 3.95. The van der Waals surface area contributed by atoms with Crippen molar-refractivity contribution in [1.82, 2.24) is 20.2 Å². The quantitative estimate of drug-likeness (QED) is 0.368. The highest BCUT2D eigenvalue weighted by Gasteiger charge is 2.39. The number of hydrogen-bond donors (Lipinski definition) is 2. The number of carbonyl (C=O) groups is 1. The molecular weight excluding hydrogens is 431 g/mol. The number of H-pyrrole nitrogens is 1. The molecule has 2 aromatic heterocycles. The first kappa shape index (κ1) is 20.5. The lowest BCUT2D eigenvalue weighted by Crippen LogP contribution is -2.24. The highest BCUT2D eigenvalue weighted by atomic mass is 32.1. The Kier molecular flexibility index (Phi) is 5.19. The van der Waals surface area contributed by atoms with Crippen molar-refractivity contribution < 1.29 is 18.0 Å². The van der Waals surface area contributed by atoms with Gasteiger partial charge in [0.25, 0.3) is 11.5 Å². The summed E-state index contributed by atoms with van der Waals surface area (Å²) in [7, 11) is 0. The van der Waals surface area contributed by atoms with Crippen LogP contribution in [0, 0.1) is 0 Å². The molecule has 1 amide bonds. The van der Waals surface area contributed by atoms with E-state index >= 15 is 0 Å². The van der Waals surface area contributed by atoms with E-state index in [1.807, 2.05) is 0 Å². The zero-order valence-corrected chi connectivity index (χ0v) is 16.7. The van der Waals surface area contributed by atoms with E-state index in [1.165, 1.54) is 19.1 Å². The molecule has 2 N–H and O–H groups in total. The molecule has 0 aliphatic carbocycles. The Labute approximate surface area is 176 Å². The van der Waals surface area contributed by atoms with Crippen molar-refractivity contribution in [1.29, 1.82) is 0 Å². The summed E-state index contributed by atoms with van der Waals surface area (Å²) in [6, 6.07) is 15.0. The van der Waals surface area contributed by atoms with Gasteiger partial charge in [-0.1, -0.05) is 41.7 Å². The van der Waals surface area contributed by atoms with Crippen LogP contribution >= 0.6 is 11.3 Å². The molecule has 11 heteroatoms. The van der Waals surface area contributed by atoms with Crippen LogP contribution in [0.2, 0.25) is 0 Å². The largest absolute Gasteiger partial charge is 0.433 e. The van der Waals surface area contributed by atoms with Crippen LogP contribution in [0.1, 0.15) is 28.5 Å². The molecule has 2 heterocycles. The van der Waals surface area contributed by atoms with E-state index in [-0.39, 0.29) is 16.4 Å². The van der Waals surface area contributed by atoms with Gasteiger partial charge in [-0.05, 0) is 31.2 Å². The van der Waals surface area contributed by atoms with Crippen LogP contribution in [0.5, 0.6) is 0 Å². The number of alkyl halides is 3. The first-order chi connectivity index (χ1) is 14.8. The smallest absolute Gasteiger partial charge is 0.284 e. The summed E-state index contributed by atoms with van der Waals surface area (Å²) in [6.45, 7) is 1.22. The summed E-state index contributed by atoms with van der Waals surface area (Å²) >= 11 is 1.07. The zero-order valence-electron chi connectivity index (χ0n) is 15.9. The van der Waals surface area contributed by atoms with Crippen LogP contribution in [-0.4, -0.2) is 26.4 Å². The third kappa shape index (κ3) is 3.99. The van der Waals surface area contributed by atoms with E-state index in [9.17, 15) is 22.8 Å². The molecule has 0 saturated carbocycles. The number of fused-ring (bicyclic) bond motifs is 1. The maximum absolute atomic E-state index is 13.6. The molecule has 0 spiro atoms. The van der Waals surface area contributed by atoms with Crippen LogP contribution in [0.15, 0.2) is 64.5 Å². The molecule has 0 aliphatic rings. The van der Waals surface area contributed by atoms with Crippen LogP contribution < -0.4 is 11.0 Å². The second kappa shape index (κ2) is 7.84. The molecule has 0 atom stereocenters. The van der Waals surface area contributed by atoms with E-state index in [0.29, 0.717) is 5.52 Å². The number of nitrogens with zero attached hydrogens (tertiary/aromatic N) is 3. The first-order valence-corrected chi connectivity index (χ1v) is 9.75. The number of hydrazone groups is 1. The fraction of sp³-hybridized carbons (Fsp3) is 0.100. The minimum absolute atomic E-state index is 0.0593. The van der Waals surface area contributed by atoms with Crippen molar-refractivity contribution >= 4 is 33.2 Å². The van der Waals surface area contributed by atoms with Gasteiger partial charge >= 0.3 is 6.18 Å². The molecule has 31 heavy (non-hydrogen) atoms. The van der Waals surface area contributed by atoms with Gasteiger partial charge in [0.15, 0.2) is 5.69 Å². The van der Waals surface area contributed by atoms with Crippen molar-refractivity contribution in [2.24, 2.45) is 5.10 Å². The van der Waals surface area contributed by atoms with Gasteiger partial charge in [-0.2, -0.15) is 23.0 Å². The Morgan fingerprint density at radius 2 is 1.81 bits per heavy atom. The van der Waals surface area contributed by atoms with Crippen molar-refractivity contribution in [3.63, 3.8) is 0 Å². The standard InChI is InChI=1S/C20H14F3N5O2S/c1-11(25-26-17(29)12-7-3-2-4-8-12)15-16(20(21,22)23)27-28(18(15)30)19-24-13-9-5-6-10-14(13)31-19/h2-10,27H,1H3,(H,26,29). The normalized spacial score (nSPS) is 12.3. The van der Waals surface area contributed by atoms with Gasteiger partial charge < -0.3 is 0 Å². The first-order valence-electron chi connectivity index (χ1n) is 8.94. The predicted molar refractivity (Wildman–Crippen MR) is 111 cm³/mol. The Morgan fingerprint density at radius 3 is 2.48 bits per heavy atom. The van der Waals surface area contributed by atoms with Gasteiger partial charge in [-0.25, -0.2) is 10.4 Å². The van der Waals surface area contributed by atoms with Crippen LogP contribution in [0.25, 0.3) is 15.3 Å².